The van der Waals surface area contributed by atoms with Gasteiger partial charge in [0.1, 0.15) is 0 Å². The third-order valence-corrected chi connectivity index (χ3v) is 5.51. The number of urea groups is 1. The smallest absolute Gasteiger partial charge is 0.449 e. The van der Waals surface area contributed by atoms with Gasteiger partial charge in [-0.2, -0.15) is 0 Å². The molecule has 0 bridgehead atoms. The molecule has 0 aromatic heterocycles. The zero-order valence-electron chi connectivity index (χ0n) is 14.2. The van der Waals surface area contributed by atoms with E-state index >= 15 is 0 Å². The van der Waals surface area contributed by atoms with Crippen molar-refractivity contribution in [1.82, 2.24) is 10.9 Å². The van der Waals surface area contributed by atoms with Crippen LogP contribution in [0, 0.1) is 0 Å². The topological polar surface area (TPSA) is 107 Å². The first kappa shape index (κ1) is 21.5. The minimum Gasteiger partial charge on any atom is -0.449 e. The normalized spacial score (nSPS) is 11.5. The second kappa shape index (κ2) is 13.0. The quantitative estimate of drug-likeness (QED) is 0.354. The van der Waals surface area contributed by atoms with E-state index in [1.54, 1.807) is 6.92 Å². The molecule has 0 aromatic carbocycles. The maximum atomic E-state index is 11.4. The Morgan fingerprint density at radius 3 is 2.00 bits per heavy atom. The highest BCUT2D eigenvalue weighted by atomic mass is 28.4. The number of nitrogens with one attached hydrogen (secondary N) is 2. The number of nitrogens with zero attached hydrogens (tertiary/aromatic N) is 1. The van der Waals surface area contributed by atoms with E-state index in [0.717, 1.165) is 0 Å². The first-order chi connectivity index (χ1) is 11.0. The van der Waals surface area contributed by atoms with Crippen molar-refractivity contribution in [3.8, 4) is 0 Å². The standard InChI is InChI=1S/C13H27N3O6Si/c1-5-19-13(18)16-15-12(17)14-10-9-11-23(20-6-2,21-7-3)22-8-4/h10H,5-9,11H2,1-4H3,(H,15,17)(H,16,18). The number of hydrazine groups is 1. The van der Waals surface area contributed by atoms with Crippen molar-refractivity contribution in [3.63, 3.8) is 0 Å². The van der Waals surface area contributed by atoms with E-state index < -0.39 is 20.9 Å². The van der Waals surface area contributed by atoms with Gasteiger partial charge in [-0.3, -0.25) is 0 Å². The maximum Gasteiger partial charge on any atom is 0.501 e. The number of rotatable bonds is 10. The van der Waals surface area contributed by atoms with Crippen LogP contribution in [0.1, 0.15) is 34.1 Å². The molecule has 10 heteroatoms. The average molecular weight is 349 g/mol. The fourth-order valence-corrected chi connectivity index (χ4v) is 4.18. The molecule has 3 amide bonds. The van der Waals surface area contributed by atoms with Crippen molar-refractivity contribution in [2.75, 3.05) is 26.4 Å². The molecule has 0 aliphatic rings. The molecule has 0 spiro atoms. The summed E-state index contributed by atoms with van der Waals surface area (Å²) < 4.78 is 21.6. The fourth-order valence-electron chi connectivity index (χ4n) is 1.69. The van der Waals surface area contributed by atoms with Crippen molar-refractivity contribution < 1.29 is 27.6 Å². The lowest BCUT2D eigenvalue weighted by Crippen LogP contribution is -2.46. The van der Waals surface area contributed by atoms with E-state index in [-0.39, 0.29) is 6.61 Å². The first-order valence-corrected chi connectivity index (χ1v) is 9.63. The molecule has 0 heterocycles. The highest BCUT2D eigenvalue weighted by Gasteiger charge is 2.39. The van der Waals surface area contributed by atoms with Crippen LogP contribution in [0.25, 0.3) is 0 Å². The summed E-state index contributed by atoms with van der Waals surface area (Å²) in [4.78, 5) is 26.0. The Labute approximate surface area is 138 Å². The van der Waals surface area contributed by atoms with E-state index in [4.69, 9.17) is 13.3 Å². The molecule has 0 aromatic rings. The molecule has 23 heavy (non-hydrogen) atoms. The minimum absolute atomic E-state index is 0.212. The van der Waals surface area contributed by atoms with Crippen LogP contribution in [0.3, 0.4) is 0 Å². The predicted octanol–water partition coefficient (Wildman–Crippen LogP) is 1.87. The van der Waals surface area contributed by atoms with Gasteiger partial charge in [-0.05, 0) is 34.1 Å². The van der Waals surface area contributed by atoms with Crippen molar-refractivity contribution >= 4 is 27.1 Å². The summed E-state index contributed by atoms with van der Waals surface area (Å²) in [6.45, 7) is 8.98. The molecule has 0 rings (SSSR count). The van der Waals surface area contributed by atoms with Gasteiger partial charge in [0.05, 0.1) is 6.61 Å². The van der Waals surface area contributed by atoms with Crippen molar-refractivity contribution in [2.45, 2.75) is 40.2 Å². The monoisotopic (exact) mass is 349 g/mol. The first-order valence-electron chi connectivity index (χ1n) is 7.70. The van der Waals surface area contributed by atoms with Gasteiger partial charge in [-0.1, -0.05) is 0 Å². The number of hydrogen-bond acceptors (Lipinski definition) is 6. The Bertz CT molecular complexity index is 364. The Morgan fingerprint density at radius 1 is 0.957 bits per heavy atom. The Kier molecular flexibility index (Phi) is 12.1. The fraction of sp³-hybridized carbons (Fsp3) is 0.769. The molecule has 9 nitrogen and oxygen atoms in total. The number of hydrogen-bond donors (Lipinski definition) is 2. The van der Waals surface area contributed by atoms with Crippen LogP contribution in [-0.4, -0.2) is 53.6 Å². The van der Waals surface area contributed by atoms with Gasteiger partial charge in [0, 0.05) is 32.1 Å². The molecule has 0 radical (unpaired) electrons. The van der Waals surface area contributed by atoms with Crippen LogP contribution in [0.2, 0.25) is 6.04 Å². The second-order valence-electron chi connectivity index (χ2n) is 4.11. The maximum absolute atomic E-state index is 11.4. The van der Waals surface area contributed by atoms with E-state index in [1.165, 1.54) is 6.21 Å². The lowest BCUT2D eigenvalue weighted by molar-refractivity contribution is 0.0719. The highest BCUT2D eigenvalue weighted by Crippen LogP contribution is 2.17. The number of ether oxygens (including phenoxy) is 1. The van der Waals surface area contributed by atoms with Gasteiger partial charge in [-0.25, -0.2) is 25.4 Å². The minimum atomic E-state index is -2.73. The lowest BCUT2D eigenvalue weighted by atomic mass is 10.5. The molecule has 0 saturated heterocycles. The molecular weight excluding hydrogens is 322 g/mol. The van der Waals surface area contributed by atoms with Gasteiger partial charge in [0.25, 0.3) is 0 Å². The summed E-state index contributed by atoms with van der Waals surface area (Å²) in [7, 11) is -2.73. The lowest BCUT2D eigenvalue weighted by Gasteiger charge is -2.27. The van der Waals surface area contributed by atoms with E-state index in [1.807, 2.05) is 20.8 Å². The van der Waals surface area contributed by atoms with Crippen molar-refractivity contribution in [1.29, 1.82) is 0 Å². The van der Waals surface area contributed by atoms with E-state index in [0.29, 0.717) is 32.3 Å². The highest BCUT2D eigenvalue weighted by molar-refractivity contribution is 6.60. The molecule has 0 aliphatic carbocycles. The van der Waals surface area contributed by atoms with Crippen LogP contribution in [0.4, 0.5) is 9.59 Å². The Balaban J connectivity index is 4.29. The van der Waals surface area contributed by atoms with Gasteiger partial charge in [-0.15, -0.1) is 0 Å². The molecule has 0 unspecified atom stereocenters. The third-order valence-electron chi connectivity index (χ3n) is 2.43. The van der Waals surface area contributed by atoms with E-state index in [9.17, 15) is 9.59 Å². The Morgan fingerprint density at radius 2 is 1.52 bits per heavy atom. The summed E-state index contributed by atoms with van der Waals surface area (Å²) in [5.41, 5.74) is 4.16. The molecule has 0 atom stereocenters. The number of aliphatic imine (C=N–C) groups is 1. The zero-order chi connectivity index (χ0) is 17.6. The SMILES string of the molecule is CCOC(=O)NNC(=O)N=CCC[Si](OCC)(OCC)OCC. The average Bonchev–Trinajstić information content (AvgIpc) is 2.51. The number of carbonyl (C=O) groups is 2. The summed E-state index contributed by atoms with van der Waals surface area (Å²) >= 11 is 0. The summed E-state index contributed by atoms with van der Waals surface area (Å²) in [5.74, 6) is 0. The van der Waals surface area contributed by atoms with Crippen LogP contribution < -0.4 is 10.9 Å². The van der Waals surface area contributed by atoms with Crippen LogP contribution >= 0.6 is 0 Å². The van der Waals surface area contributed by atoms with Crippen molar-refractivity contribution in [3.05, 3.63) is 0 Å². The van der Waals surface area contributed by atoms with Crippen LogP contribution in [0.15, 0.2) is 4.99 Å². The molecule has 134 valence electrons. The second-order valence-corrected chi connectivity index (χ2v) is 6.84. The summed E-state index contributed by atoms with van der Waals surface area (Å²) in [6.07, 6.45) is 1.14. The molecule has 0 aliphatic heterocycles. The molecule has 2 N–H and O–H groups in total. The van der Waals surface area contributed by atoms with Crippen molar-refractivity contribution in [2.24, 2.45) is 4.99 Å². The van der Waals surface area contributed by atoms with Crippen LogP contribution in [-0.2, 0) is 18.0 Å². The van der Waals surface area contributed by atoms with Crippen LogP contribution in [0.5, 0.6) is 0 Å². The summed E-state index contributed by atoms with van der Waals surface area (Å²) in [6, 6.07) is -0.181. The van der Waals surface area contributed by atoms with Gasteiger partial charge in [0.15, 0.2) is 0 Å². The molecule has 0 saturated carbocycles. The van der Waals surface area contributed by atoms with Gasteiger partial charge < -0.3 is 18.0 Å². The Hall–Kier alpha value is -1.49. The van der Waals surface area contributed by atoms with Gasteiger partial charge >= 0.3 is 20.9 Å². The largest absolute Gasteiger partial charge is 0.501 e. The van der Waals surface area contributed by atoms with Gasteiger partial charge in [0.2, 0.25) is 0 Å². The molecule has 0 fully saturated rings. The van der Waals surface area contributed by atoms with E-state index in [2.05, 4.69) is 20.6 Å². The predicted molar refractivity (Wildman–Crippen MR) is 87.2 cm³/mol. The number of carbonyl (C=O) groups excluding carboxylic acids is 2. The molecular formula is C13H27N3O6Si. The number of amides is 3. The third kappa shape index (κ3) is 10.00. The zero-order valence-corrected chi connectivity index (χ0v) is 15.2. The summed E-state index contributed by atoms with van der Waals surface area (Å²) in [5, 5.41) is 0.